The Kier molecular flexibility index (Phi) is 3.91. The standard InChI is InChI=1S/C10H12IN3O3/c1-10(2,9(12)15)13-7-4-3-6(11)5-8(7)14(16)17/h3-5,13H,1-2H3,(H2,12,15). The van der Waals surface area contributed by atoms with Gasteiger partial charge in [0.1, 0.15) is 11.2 Å². The quantitative estimate of drug-likeness (QED) is 0.493. The van der Waals surface area contributed by atoms with E-state index in [1.165, 1.54) is 6.07 Å². The number of benzene rings is 1. The molecule has 0 aliphatic heterocycles. The van der Waals surface area contributed by atoms with Crippen molar-refractivity contribution in [3.63, 3.8) is 0 Å². The molecule has 0 aromatic heterocycles. The fourth-order valence-corrected chi connectivity index (χ4v) is 1.63. The van der Waals surface area contributed by atoms with Crippen LogP contribution in [0.3, 0.4) is 0 Å². The number of hydrogen-bond acceptors (Lipinski definition) is 4. The topological polar surface area (TPSA) is 98.3 Å². The minimum atomic E-state index is -1.04. The monoisotopic (exact) mass is 349 g/mol. The van der Waals surface area contributed by atoms with Gasteiger partial charge in [0.15, 0.2) is 0 Å². The fourth-order valence-electron chi connectivity index (χ4n) is 1.16. The molecule has 0 unspecified atom stereocenters. The number of nitro groups is 1. The number of carbonyl (C=O) groups is 1. The number of rotatable bonds is 4. The lowest BCUT2D eigenvalue weighted by molar-refractivity contribution is -0.384. The molecule has 0 heterocycles. The number of nitrogens with two attached hydrogens (primary N) is 1. The molecule has 1 amide bonds. The van der Waals surface area contributed by atoms with E-state index in [0.717, 1.165) is 3.57 Å². The van der Waals surface area contributed by atoms with Crippen LogP contribution in [0.2, 0.25) is 0 Å². The highest BCUT2D eigenvalue weighted by atomic mass is 127. The van der Waals surface area contributed by atoms with Crippen LogP contribution >= 0.6 is 22.6 Å². The van der Waals surface area contributed by atoms with Crippen molar-refractivity contribution in [3.05, 3.63) is 31.9 Å². The lowest BCUT2D eigenvalue weighted by Crippen LogP contribution is -2.45. The van der Waals surface area contributed by atoms with E-state index in [-0.39, 0.29) is 11.4 Å². The van der Waals surface area contributed by atoms with Gasteiger partial charge in [-0.15, -0.1) is 0 Å². The van der Waals surface area contributed by atoms with E-state index in [1.807, 2.05) is 22.6 Å². The molecule has 0 saturated heterocycles. The Hall–Kier alpha value is -1.38. The molecule has 0 atom stereocenters. The molecule has 0 fully saturated rings. The molecular formula is C10H12IN3O3. The molecular weight excluding hydrogens is 337 g/mol. The number of halogens is 1. The van der Waals surface area contributed by atoms with Crippen molar-refractivity contribution in [2.45, 2.75) is 19.4 Å². The Bertz CT molecular complexity index is 474. The number of nitrogens with one attached hydrogen (secondary N) is 1. The normalized spacial score (nSPS) is 11.0. The average Bonchev–Trinajstić information content (AvgIpc) is 2.19. The summed E-state index contributed by atoms with van der Waals surface area (Å²) >= 11 is 1.98. The Balaban J connectivity index is 3.15. The van der Waals surface area contributed by atoms with Crippen LogP contribution in [-0.2, 0) is 4.79 Å². The van der Waals surface area contributed by atoms with Gasteiger partial charge in [0.25, 0.3) is 5.69 Å². The van der Waals surface area contributed by atoms with Gasteiger partial charge in [0.2, 0.25) is 5.91 Å². The van der Waals surface area contributed by atoms with Crippen LogP contribution in [-0.4, -0.2) is 16.4 Å². The zero-order valence-electron chi connectivity index (χ0n) is 9.36. The Morgan fingerprint density at radius 1 is 1.53 bits per heavy atom. The van der Waals surface area contributed by atoms with Gasteiger partial charge in [0.05, 0.1) is 4.92 Å². The molecule has 6 nitrogen and oxygen atoms in total. The number of nitrogens with zero attached hydrogens (tertiary/aromatic N) is 1. The maximum atomic E-state index is 11.2. The van der Waals surface area contributed by atoms with Crippen molar-refractivity contribution < 1.29 is 9.72 Å². The van der Waals surface area contributed by atoms with Gasteiger partial charge in [-0.3, -0.25) is 14.9 Å². The summed E-state index contributed by atoms with van der Waals surface area (Å²) in [5, 5.41) is 13.7. The minimum Gasteiger partial charge on any atom is -0.368 e. The van der Waals surface area contributed by atoms with Crippen LogP contribution in [0.5, 0.6) is 0 Å². The SMILES string of the molecule is CC(C)(Nc1ccc(I)cc1[N+](=O)[O-])C(N)=O. The summed E-state index contributed by atoms with van der Waals surface area (Å²) in [6.07, 6.45) is 0. The van der Waals surface area contributed by atoms with E-state index in [1.54, 1.807) is 26.0 Å². The number of amides is 1. The highest BCUT2D eigenvalue weighted by molar-refractivity contribution is 14.1. The number of primary amides is 1. The van der Waals surface area contributed by atoms with E-state index in [2.05, 4.69) is 5.32 Å². The van der Waals surface area contributed by atoms with E-state index < -0.39 is 16.4 Å². The number of nitro benzene ring substituents is 1. The van der Waals surface area contributed by atoms with Crippen LogP contribution in [0.15, 0.2) is 18.2 Å². The molecule has 0 aliphatic rings. The molecule has 1 rings (SSSR count). The van der Waals surface area contributed by atoms with Gasteiger partial charge < -0.3 is 11.1 Å². The van der Waals surface area contributed by atoms with Crippen LogP contribution in [0, 0.1) is 13.7 Å². The summed E-state index contributed by atoms with van der Waals surface area (Å²) in [5.74, 6) is -0.578. The first kappa shape index (κ1) is 13.7. The molecule has 1 aromatic rings. The summed E-state index contributed by atoms with van der Waals surface area (Å²) in [7, 11) is 0. The largest absolute Gasteiger partial charge is 0.368 e. The second-order valence-electron chi connectivity index (χ2n) is 4.03. The molecule has 7 heteroatoms. The molecule has 3 N–H and O–H groups in total. The predicted molar refractivity (Wildman–Crippen MR) is 72.7 cm³/mol. The smallest absolute Gasteiger partial charge is 0.293 e. The van der Waals surface area contributed by atoms with Gasteiger partial charge >= 0.3 is 0 Å². The molecule has 92 valence electrons. The fraction of sp³-hybridized carbons (Fsp3) is 0.300. The summed E-state index contributed by atoms with van der Waals surface area (Å²) in [6, 6.07) is 4.71. The summed E-state index contributed by atoms with van der Waals surface area (Å²) < 4.78 is 0.747. The second kappa shape index (κ2) is 4.86. The molecule has 0 aliphatic carbocycles. The highest BCUT2D eigenvalue weighted by Gasteiger charge is 2.27. The van der Waals surface area contributed by atoms with E-state index in [4.69, 9.17) is 5.73 Å². The lowest BCUT2D eigenvalue weighted by atomic mass is 10.0. The van der Waals surface area contributed by atoms with Crippen molar-refractivity contribution in [2.24, 2.45) is 5.73 Å². The molecule has 0 radical (unpaired) electrons. The molecule has 0 saturated carbocycles. The van der Waals surface area contributed by atoms with Crippen molar-refractivity contribution in [3.8, 4) is 0 Å². The maximum absolute atomic E-state index is 11.2. The molecule has 1 aromatic carbocycles. The maximum Gasteiger partial charge on any atom is 0.293 e. The van der Waals surface area contributed by atoms with Crippen LogP contribution < -0.4 is 11.1 Å². The third kappa shape index (κ3) is 3.29. The van der Waals surface area contributed by atoms with Crippen LogP contribution in [0.25, 0.3) is 0 Å². The number of anilines is 1. The Morgan fingerprint density at radius 2 is 2.12 bits per heavy atom. The van der Waals surface area contributed by atoms with Gasteiger partial charge in [-0.2, -0.15) is 0 Å². The summed E-state index contributed by atoms with van der Waals surface area (Å²) in [6.45, 7) is 3.13. The van der Waals surface area contributed by atoms with Gasteiger partial charge in [-0.05, 0) is 48.6 Å². The van der Waals surface area contributed by atoms with Crippen LogP contribution in [0.1, 0.15) is 13.8 Å². The van der Waals surface area contributed by atoms with Crippen molar-refractivity contribution in [1.82, 2.24) is 0 Å². The lowest BCUT2D eigenvalue weighted by Gasteiger charge is -2.23. The zero-order chi connectivity index (χ0) is 13.2. The van der Waals surface area contributed by atoms with E-state index in [0.29, 0.717) is 0 Å². The molecule has 0 bridgehead atoms. The van der Waals surface area contributed by atoms with E-state index >= 15 is 0 Å². The van der Waals surface area contributed by atoms with Crippen LogP contribution in [0.4, 0.5) is 11.4 Å². The molecule has 0 spiro atoms. The van der Waals surface area contributed by atoms with Crippen molar-refractivity contribution in [1.29, 1.82) is 0 Å². The first-order chi connectivity index (χ1) is 7.74. The third-order valence-electron chi connectivity index (χ3n) is 2.22. The average molecular weight is 349 g/mol. The van der Waals surface area contributed by atoms with Gasteiger partial charge in [0, 0.05) is 9.64 Å². The van der Waals surface area contributed by atoms with Crippen molar-refractivity contribution >= 4 is 39.9 Å². The third-order valence-corrected chi connectivity index (χ3v) is 2.89. The first-order valence-corrected chi connectivity index (χ1v) is 5.84. The summed E-state index contributed by atoms with van der Waals surface area (Å²) in [4.78, 5) is 21.5. The van der Waals surface area contributed by atoms with E-state index in [9.17, 15) is 14.9 Å². The van der Waals surface area contributed by atoms with Gasteiger partial charge in [-0.1, -0.05) is 0 Å². The second-order valence-corrected chi connectivity index (χ2v) is 5.28. The molecule has 17 heavy (non-hydrogen) atoms. The summed E-state index contributed by atoms with van der Waals surface area (Å²) in [5.41, 5.74) is 4.36. The predicted octanol–water partition coefficient (Wildman–Crippen LogP) is 1.88. The Morgan fingerprint density at radius 3 is 2.59 bits per heavy atom. The first-order valence-electron chi connectivity index (χ1n) is 4.76. The number of carbonyl (C=O) groups excluding carboxylic acids is 1. The minimum absolute atomic E-state index is 0.0776. The Labute approximate surface area is 112 Å². The van der Waals surface area contributed by atoms with Gasteiger partial charge in [-0.25, -0.2) is 0 Å². The highest BCUT2D eigenvalue weighted by Crippen LogP contribution is 2.28. The number of hydrogen-bond donors (Lipinski definition) is 2. The zero-order valence-corrected chi connectivity index (χ0v) is 11.5. The van der Waals surface area contributed by atoms with Crippen molar-refractivity contribution in [2.75, 3.05) is 5.32 Å².